The van der Waals surface area contributed by atoms with E-state index in [0.29, 0.717) is 24.8 Å². The average Bonchev–Trinajstić information content (AvgIpc) is 2.57. The number of nitrogens with one attached hydrogen (secondary N) is 1. The number of hydrogen-bond donors (Lipinski definition) is 1. The van der Waals surface area contributed by atoms with Gasteiger partial charge in [-0.05, 0) is 29.8 Å². The highest BCUT2D eigenvalue weighted by atomic mass is 16.5. The van der Waals surface area contributed by atoms with Gasteiger partial charge < -0.3 is 19.5 Å². The van der Waals surface area contributed by atoms with Gasteiger partial charge in [-0.2, -0.15) is 0 Å². The minimum absolute atomic E-state index is 0.139. The molecular weight excluding hydrogens is 296 g/mol. The monoisotopic (exact) mass is 316 g/mol. The summed E-state index contributed by atoms with van der Waals surface area (Å²) in [4.78, 5) is 16.3. The van der Waals surface area contributed by atoms with Crippen molar-refractivity contribution in [2.24, 2.45) is 0 Å². The third kappa shape index (κ3) is 5.27. The van der Waals surface area contributed by atoms with E-state index in [9.17, 15) is 4.79 Å². The Bertz CT molecular complexity index is 629. The predicted octanol–water partition coefficient (Wildman–Crippen LogP) is 2.30. The average molecular weight is 316 g/mol. The summed E-state index contributed by atoms with van der Waals surface area (Å²) < 4.78 is 15.5. The van der Waals surface area contributed by atoms with Gasteiger partial charge in [0.1, 0.15) is 18.0 Å². The first kappa shape index (κ1) is 16.8. The summed E-state index contributed by atoms with van der Waals surface area (Å²) in [5.74, 6) is 1.00. The molecule has 6 nitrogen and oxygen atoms in total. The van der Waals surface area contributed by atoms with Gasteiger partial charge >= 0.3 is 0 Å². The van der Waals surface area contributed by atoms with Crippen molar-refractivity contribution in [3.8, 4) is 11.6 Å². The Balaban J connectivity index is 1.96. The Hall–Kier alpha value is -2.60. The highest BCUT2D eigenvalue weighted by Crippen LogP contribution is 2.21. The van der Waals surface area contributed by atoms with Gasteiger partial charge in [0.15, 0.2) is 0 Å². The SMILES string of the molecule is COCCOc1ncccc1NC(=O)Cc1ccc(OC)cc1. The largest absolute Gasteiger partial charge is 0.497 e. The fourth-order valence-corrected chi connectivity index (χ4v) is 1.95. The predicted molar refractivity (Wildman–Crippen MR) is 86.9 cm³/mol. The smallest absolute Gasteiger partial charge is 0.237 e. The Morgan fingerprint density at radius 2 is 1.91 bits per heavy atom. The van der Waals surface area contributed by atoms with Crippen molar-refractivity contribution in [1.82, 2.24) is 4.98 Å². The van der Waals surface area contributed by atoms with E-state index < -0.39 is 0 Å². The molecule has 0 saturated heterocycles. The van der Waals surface area contributed by atoms with E-state index in [0.717, 1.165) is 11.3 Å². The number of pyridine rings is 1. The topological polar surface area (TPSA) is 69.7 Å². The van der Waals surface area contributed by atoms with E-state index >= 15 is 0 Å². The van der Waals surface area contributed by atoms with Gasteiger partial charge in [0.25, 0.3) is 0 Å². The van der Waals surface area contributed by atoms with Crippen LogP contribution >= 0.6 is 0 Å². The van der Waals surface area contributed by atoms with Gasteiger partial charge in [-0.1, -0.05) is 12.1 Å². The van der Waals surface area contributed by atoms with Crippen LogP contribution in [0.25, 0.3) is 0 Å². The molecule has 0 saturated carbocycles. The van der Waals surface area contributed by atoms with E-state index in [1.807, 2.05) is 24.3 Å². The lowest BCUT2D eigenvalue weighted by molar-refractivity contribution is -0.115. The van der Waals surface area contributed by atoms with Gasteiger partial charge in [0.05, 0.1) is 20.1 Å². The third-order valence-corrected chi connectivity index (χ3v) is 3.10. The molecule has 0 radical (unpaired) electrons. The number of amides is 1. The van der Waals surface area contributed by atoms with Gasteiger partial charge in [0.2, 0.25) is 11.8 Å². The molecule has 0 aliphatic rings. The van der Waals surface area contributed by atoms with E-state index in [4.69, 9.17) is 14.2 Å². The number of ether oxygens (including phenoxy) is 3. The maximum absolute atomic E-state index is 12.2. The first-order valence-electron chi connectivity index (χ1n) is 7.22. The first-order valence-corrected chi connectivity index (χ1v) is 7.22. The van der Waals surface area contributed by atoms with Crippen LogP contribution in [-0.4, -0.2) is 38.3 Å². The summed E-state index contributed by atoms with van der Waals surface area (Å²) in [5, 5.41) is 2.82. The molecule has 1 amide bonds. The van der Waals surface area contributed by atoms with Crippen molar-refractivity contribution < 1.29 is 19.0 Å². The normalized spacial score (nSPS) is 10.2. The Kier molecular flexibility index (Phi) is 6.38. The van der Waals surface area contributed by atoms with Crippen LogP contribution in [0.15, 0.2) is 42.6 Å². The van der Waals surface area contributed by atoms with Crippen LogP contribution in [0.3, 0.4) is 0 Å². The molecule has 1 aromatic heterocycles. The lowest BCUT2D eigenvalue weighted by Crippen LogP contribution is -2.16. The lowest BCUT2D eigenvalue weighted by Gasteiger charge is -2.11. The van der Waals surface area contributed by atoms with Gasteiger partial charge in [-0.15, -0.1) is 0 Å². The summed E-state index contributed by atoms with van der Waals surface area (Å²) in [6.07, 6.45) is 1.87. The number of anilines is 1. The van der Waals surface area contributed by atoms with Crippen molar-refractivity contribution >= 4 is 11.6 Å². The number of carbonyl (C=O) groups is 1. The maximum Gasteiger partial charge on any atom is 0.237 e. The fraction of sp³-hybridized carbons (Fsp3) is 0.294. The number of carbonyl (C=O) groups excluding carboxylic acids is 1. The standard InChI is InChI=1S/C17H20N2O4/c1-21-10-11-23-17-15(4-3-9-18-17)19-16(20)12-13-5-7-14(22-2)8-6-13/h3-9H,10-12H2,1-2H3,(H,19,20). The molecule has 6 heteroatoms. The van der Waals surface area contributed by atoms with Crippen LogP contribution < -0.4 is 14.8 Å². The zero-order valence-electron chi connectivity index (χ0n) is 13.2. The Morgan fingerprint density at radius 1 is 1.13 bits per heavy atom. The van der Waals surface area contributed by atoms with Crippen molar-refractivity contribution in [2.75, 3.05) is 32.8 Å². The second-order valence-corrected chi connectivity index (χ2v) is 4.77. The number of aromatic nitrogens is 1. The first-order chi connectivity index (χ1) is 11.2. The highest BCUT2D eigenvalue weighted by Gasteiger charge is 2.09. The van der Waals surface area contributed by atoms with E-state index in [-0.39, 0.29) is 12.3 Å². The zero-order chi connectivity index (χ0) is 16.5. The summed E-state index contributed by atoms with van der Waals surface area (Å²) in [5.41, 5.74) is 1.44. The quantitative estimate of drug-likeness (QED) is 0.757. The molecular formula is C17H20N2O4. The zero-order valence-corrected chi connectivity index (χ0v) is 13.2. The van der Waals surface area contributed by atoms with Crippen LogP contribution in [-0.2, 0) is 16.0 Å². The van der Waals surface area contributed by atoms with Gasteiger partial charge in [-0.25, -0.2) is 4.98 Å². The third-order valence-electron chi connectivity index (χ3n) is 3.10. The van der Waals surface area contributed by atoms with E-state index in [1.54, 1.807) is 32.5 Å². The van der Waals surface area contributed by atoms with Crippen molar-refractivity contribution in [3.63, 3.8) is 0 Å². The minimum Gasteiger partial charge on any atom is -0.497 e. The highest BCUT2D eigenvalue weighted by molar-refractivity contribution is 5.93. The molecule has 0 atom stereocenters. The molecule has 1 heterocycles. The summed E-state index contributed by atoms with van der Waals surface area (Å²) in [7, 11) is 3.20. The molecule has 0 spiro atoms. The Labute approximate surface area is 135 Å². The van der Waals surface area contributed by atoms with Crippen LogP contribution in [0.1, 0.15) is 5.56 Å². The molecule has 2 rings (SSSR count). The molecule has 0 unspecified atom stereocenters. The fourth-order valence-electron chi connectivity index (χ4n) is 1.95. The summed E-state index contributed by atoms with van der Waals surface area (Å²) in [6.45, 7) is 0.824. The van der Waals surface area contributed by atoms with Crippen LogP contribution in [0.4, 0.5) is 5.69 Å². The van der Waals surface area contributed by atoms with Crippen LogP contribution in [0.2, 0.25) is 0 Å². The minimum atomic E-state index is -0.139. The van der Waals surface area contributed by atoms with Gasteiger partial charge in [-0.3, -0.25) is 4.79 Å². The van der Waals surface area contributed by atoms with E-state index in [2.05, 4.69) is 10.3 Å². The number of benzene rings is 1. The molecule has 23 heavy (non-hydrogen) atoms. The summed E-state index contributed by atoms with van der Waals surface area (Å²) in [6, 6.07) is 10.9. The molecule has 1 N–H and O–H groups in total. The lowest BCUT2D eigenvalue weighted by atomic mass is 10.1. The molecule has 0 fully saturated rings. The van der Waals surface area contributed by atoms with Gasteiger partial charge in [0, 0.05) is 13.3 Å². The van der Waals surface area contributed by atoms with Crippen molar-refractivity contribution in [2.45, 2.75) is 6.42 Å². The number of methoxy groups -OCH3 is 2. The second kappa shape index (κ2) is 8.75. The molecule has 0 aliphatic heterocycles. The molecule has 2 aromatic rings. The van der Waals surface area contributed by atoms with Crippen LogP contribution in [0, 0.1) is 0 Å². The second-order valence-electron chi connectivity index (χ2n) is 4.77. The molecule has 0 bridgehead atoms. The summed E-state index contributed by atoms with van der Waals surface area (Å²) >= 11 is 0. The van der Waals surface area contributed by atoms with Crippen LogP contribution in [0.5, 0.6) is 11.6 Å². The molecule has 122 valence electrons. The number of nitrogens with zero attached hydrogens (tertiary/aromatic N) is 1. The maximum atomic E-state index is 12.2. The van der Waals surface area contributed by atoms with Crippen molar-refractivity contribution in [1.29, 1.82) is 0 Å². The molecule has 1 aromatic carbocycles. The Morgan fingerprint density at radius 3 is 2.61 bits per heavy atom. The molecule has 0 aliphatic carbocycles. The number of rotatable bonds is 8. The van der Waals surface area contributed by atoms with E-state index in [1.165, 1.54) is 0 Å². The van der Waals surface area contributed by atoms with Crippen molar-refractivity contribution in [3.05, 3.63) is 48.2 Å². The number of hydrogen-bond acceptors (Lipinski definition) is 5.